The second kappa shape index (κ2) is 5.83. The molecule has 0 radical (unpaired) electrons. The molecule has 0 saturated heterocycles. The van der Waals surface area contributed by atoms with Gasteiger partial charge in [0.2, 0.25) is 0 Å². The van der Waals surface area contributed by atoms with Crippen LogP contribution in [0.3, 0.4) is 0 Å². The van der Waals surface area contributed by atoms with E-state index in [0.29, 0.717) is 5.69 Å². The van der Waals surface area contributed by atoms with Crippen molar-refractivity contribution in [2.75, 3.05) is 4.72 Å². The molecule has 2 aromatic heterocycles. The molecule has 0 atom stereocenters. The van der Waals surface area contributed by atoms with Gasteiger partial charge in [0.05, 0.1) is 33.4 Å². The predicted octanol–water partition coefficient (Wildman–Crippen LogP) is 2.95. The summed E-state index contributed by atoms with van der Waals surface area (Å²) in [6, 6.07) is 6.74. The van der Waals surface area contributed by atoms with Gasteiger partial charge in [-0.1, -0.05) is 0 Å². The zero-order valence-electron chi connectivity index (χ0n) is 11.4. The highest BCUT2D eigenvalue weighted by atomic mass is 32.2. The van der Waals surface area contributed by atoms with Crippen LogP contribution in [-0.2, 0) is 10.0 Å². The number of hydrogen-bond acceptors (Lipinski definition) is 5. The maximum atomic E-state index is 13.8. The van der Waals surface area contributed by atoms with Crippen LogP contribution in [0.1, 0.15) is 5.56 Å². The molecule has 1 aromatic carbocycles. The van der Waals surface area contributed by atoms with Crippen molar-refractivity contribution in [3.05, 3.63) is 53.6 Å². The number of H-pyrrole nitrogens is 1. The second-order valence-electron chi connectivity index (χ2n) is 4.53. The van der Waals surface area contributed by atoms with Crippen LogP contribution < -0.4 is 4.72 Å². The van der Waals surface area contributed by atoms with E-state index in [1.165, 1.54) is 35.7 Å². The number of benzene rings is 1. The van der Waals surface area contributed by atoms with Crippen molar-refractivity contribution in [1.29, 1.82) is 5.26 Å². The molecule has 6 nitrogen and oxygen atoms in total. The number of halogens is 1. The molecule has 116 valence electrons. The minimum atomic E-state index is -3.95. The molecule has 0 aliphatic carbocycles. The van der Waals surface area contributed by atoms with Gasteiger partial charge < -0.3 is 4.98 Å². The molecule has 2 heterocycles. The summed E-state index contributed by atoms with van der Waals surface area (Å²) < 4.78 is 40.6. The van der Waals surface area contributed by atoms with Crippen LogP contribution in [0.25, 0.3) is 10.6 Å². The molecular formula is C14H9FN4O2S2. The van der Waals surface area contributed by atoms with E-state index in [1.54, 1.807) is 17.8 Å². The van der Waals surface area contributed by atoms with E-state index < -0.39 is 15.8 Å². The van der Waals surface area contributed by atoms with E-state index in [9.17, 15) is 12.8 Å². The fourth-order valence-corrected chi connectivity index (χ4v) is 3.55. The predicted molar refractivity (Wildman–Crippen MR) is 83.8 cm³/mol. The Hall–Kier alpha value is -2.70. The summed E-state index contributed by atoms with van der Waals surface area (Å²) >= 11 is 1.36. The van der Waals surface area contributed by atoms with E-state index in [-0.39, 0.29) is 16.1 Å². The third-order valence-corrected chi connectivity index (χ3v) is 5.16. The standard InChI is InChI=1S/C14H9FN4O2S2/c15-11-3-9(5-16)1-2-12(11)19-23(20,21)10-4-13(18-6-10)14-7-17-8-22-14/h1-4,6-8,18-19H. The highest BCUT2D eigenvalue weighted by molar-refractivity contribution is 7.92. The van der Waals surface area contributed by atoms with Crippen molar-refractivity contribution in [1.82, 2.24) is 9.97 Å². The lowest BCUT2D eigenvalue weighted by molar-refractivity contribution is 0.598. The normalized spacial score (nSPS) is 11.1. The van der Waals surface area contributed by atoms with Gasteiger partial charge in [-0.3, -0.25) is 9.71 Å². The Kier molecular flexibility index (Phi) is 3.85. The van der Waals surface area contributed by atoms with Crippen molar-refractivity contribution in [2.45, 2.75) is 4.90 Å². The summed E-state index contributed by atoms with van der Waals surface area (Å²) in [4.78, 5) is 7.54. The summed E-state index contributed by atoms with van der Waals surface area (Å²) in [6.07, 6.45) is 2.93. The number of nitrogens with zero attached hydrogens (tertiary/aromatic N) is 2. The summed E-state index contributed by atoms with van der Waals surface area (Å²) in [5, 5.41) is 8.69. The maximum Gasteiger partial charge on any atom is 0.263 e. The van der Waals surface area contributed by atoms with Crippen molar-refractivity contribution in [3.8, 4) is 16.6 Å². The molecule has 0 amide bonds. The first-order valence-electron chi connectivity index (χ1n) is 6.29. The van der Waals surface area contributed by atoms with Gasteiger partial charge in [0.25, 0.3) is 10.0 Å². The molecule has 9 heteroatoms. The first-order chi connectivity index (χ1) is 11.0. The van der Waals surface area contributed by atoms with Gasteiger partial charge >= 0.3 is 0 Å². The van der Waals surface area contributed by atoms with Crippen LogP contribution in [0.4, 0.5) is 10.1 Å². The Morgan fingerprint density at radius 2 is 2.17 bits per heavy atom. The molecule has 2 N–H and O–H groups in total. The molecule has 0 saturated carbocycles. The van der Waals surface area contributed by atoms with Crippen LogP contribution in [0, 0.1) is 17.1 Å². The first kappa shape index (κ1) is 15.2. The Balaban J connectivity index is 1.89. The summed E-state index contributed by atoms with van der Waals surface area (Å²) in [6.45, 7) is 0. The lowest BCUT2D eigenvalue weighted by atomic mass is 10.2. The number of sulfonamides is 1. The SMILES string of the molecule is N#Cc1ccc(NS(=O)(=O)c2c[nH]c(-c3cncs3)c2)c(F)c1. The second-order valence-corrected chi connectivity index (χ2v) is 7.10. The van der Waals surface area contributed by atoms with E-state index in [1.807, 2.05) is 0 Å². The Bertz CT molecular complexity index is 988. The van der Waals surface area contributed by atoms with Gasteiger partial charge in [0, 0.05) is 12.4 Å². The average molecular weight is 348 g/mol. The topological polar surface area (TPSA) is 98.6 Å². The Labute approximate surface area is 135 Å². The number of nitrogens with one attached hydrogen (secondary N) is 2. The lowest BCUT2D eigenvalue weighted by Gasteiger charge is -2.07. The minimum Gasteiger partial charge on any atom is -0.359 e. The summed E-state index contributed by atoms with van der Waals surface area (Å²) in [5.41, 5.74) is 2.13. The van der Waals surface area contributed by atoms with E-state index in [2.05, 4.69) is 14.7 Å². The molecule has 0 fully saturated rings. The highest BCUT2D eigenvalue weighted by Crippen LogP contribution is 2.26. The zero-order valence-corrected chi connectivity index (χ0v) is 13.1. The fourth-order valence-electron chi connectivity index (χ4n) is 1.89. The zero-order chi connectivity index (χ0) is 16.4. The van der Waals surface area contributed by atoms with E-state index in [0.717, 1.165) is 10.9 Å². The third-order valence-electron chi connectivity index (χ3n) is 3.01. The number of aromatic nitrogens is 2. The smallest absolute Gasteiger partial charge is 0.263 e. The van der Waals surface area contributed by atoms with Crippen molar-refractivity contribution in [3.63, 3.8) is 0 Å². The third kappa shape index (κ3) is 3.08. The van der Waals surface area contributed by atoms with Gasteiger partial charge in [-0.25, -0.2) is 12.8 Å². The van der Waals surface area contributed by atoms with Crippen LogP contribution in [0.2, 0.25) is 0 Å². The van der Waals surface area contributed by atoms with Crippen LogP contribution in [0.15, 0.2) is 47.1 Å². The quantitative estimate of drug-likeness (QED) is 0.757. The number of nitriles is 1. The van der Waals surface area contributed by atoms with Crippen LogP contribution >= 0.6 is 11.3 Å². The number of anilines is 1. The molecule has 0 aliphatic heterocycles. The van der Waals surface area contributed by atoms with Gasteiger partial charge in [-0.2, -0.15) is 5.26 Å². The average Bonchev–Trinajstić information content (AvgIpc) is 3.20. The van der Waals surface area contributed by atoms with Crippen molar-refractivity contribution < 1.29 is 12.8 Å². The van der Waals surface area contributed by atoms with Crippen molar-refractivity contribution >= 4 is 27.0 Å². The monoisotopic (exact) mass is 348 g/mol. The highest BCUT2D eigenvalue weighted by Gasteiger charge is 2.19. The number of hydrogen-bond donors (Lipinski definition) is 2. The van der Waals surface area contributed by atoms with Gasteiger partial charge in [-0.05, 0) is 24.3 Å². The van der Waals surface area contributed by atoms with Gasteiger partial charge in [0.1, 0.15) is 10.7 Å². The molecule has 0 spiro atoms. The number of aromatic amines is 1. The van der Waals surface area contributed by atoms with E-state index >= 15 is 0 Å². The molecule has 3 rings (SSSR count). The summed E-state index contributed by atoms with van der Waals surface area (Å²) in [5.74, 6) is -0.814. The summed E-state index contributed by atoms with van der Waals surface area (Å²) in [7, 11) is -3.95. The first-order valence-corrected chi connectivity index (χ1v) is 8.65. The minimum absolute atomic E-state index is 0.0235. The Morgan fingerprint density at radius 1 is 1.35 bits per heavy atom. The fraction of sp³-hybridized carbons (Fsp3) is 0. The van der Waals surface area contributed by atoms with Crippen molar-refractivity contribution in [2.24, 2.45) is 0 Å². The van der Waals surface area contributed by atoms with Gasteiger partial charge in [-0.15, -0.1) is 11.3 Å². The largest absolute Gasteiger partial charge is 0.359 e. The van der Waals surface area contributed by atoms with Crippen LogP contribution in [0.5, 0.6) is 0 Å². The molecule has 0 aliphatic rings. The lowest BCUT2D eigenvalue weighted by Crippen LogP contribution is -2.13. The van der Waals surface area contributed by atoms with Gasteiger partial charge in [0.15, 0.2) is 0 Å². The van der Waals surface area contributed by atoms with E-state index in [4.69, 9.17) is 5.26 Å². The molecule has 23 heavy (non-hydrogen) atoms. The number of rotatable bonds is 4. The number of thiazole rings is 1. The molecular weight excluding hydrogens is 339 g/mol. The van der Waals surface area contributed by atoms with Crippen LogP contribution in [-0.4, -0.2) is 18.4 Å². The molecule has 0 unspecified atom stereocenters. The maximum absolute atomic E-state index is 13.8. The molecule has 0 bridgehead atoms. The molecule has 3 aromatic rings. The Morgan fingerprint density at radius 3 is 2.83 bits per heavy atom.